The monoisotopic (exact) mass is 544 g/mol. The molecule has 2 aromatic heterocycles. The van der Waals surface area contributed by atoms with Crippen molar-refractivity contribution in [1.82, 2.24) is 30.3 Å². The zero-order chi connectivity index (χ0) is 26.4. The molecule has 1 aliphatic heterocycles. The van der Waals surface area contributed by atoms with Gasteiger partial charge in [-0.2, -0.15) is 0 Å². The van der Waals surface area contributed by atoms with E-state index in [0.717, 1.165) is 51.4 Å². The zero-order valence-corrected chi connectivity index (χ0v) is 23.7. The lowest BCUT2D eigenvalue weighted by Crippen LogP contribution is -2.26. The molecule has 1 N–H and O–H groups in total. The van der Waals surface area contributed by atoms with Crippen molar-refractivity contribution in [2.24, 2.45) is 0 Å². The number of rotatable bonds is 9. The van der Waals surface area contributed by atoms with E-state index in [1.807, 2.05) is 26.0 Å². The van der Waals surface area contributed by atoms with Gasteiger partial charge in [0, 0.05) is 18.0 Å². The molecule has 1 amide bonds. The topological polar surface area (TPSA) is 96.6 Å². The first kappa shape index (κ1) is 27.6. The van der Waals surface area contributed by atoms with E-state index in [1.54, 1.807) is 30.4 Å². The number of amides is 1. The van der Waals surface area contributed by atoms with Gasteiger partial charge < -0.3 is 19.4 Å². The van der Waals surface area contributed by atoms with Crippen LogP contribution in [0.3, 0.4) is 0 Å². The maximum Gasteiger partial charge on any atom is 0.275 e. The van der Waals surface area contributed by atoms with Crippen molar-refractivity contribution in [3.63, 3.8) is 0 Å². The van der Waals surface area contributed by atoms with Crippen LogP contribution in [0, 0.1) is 13.8 Å². The molecule has 3 aromatic rings. The molecular weight excluding hydrogens is 508 g/mol. The fourth-order valence-corrected chi connectivity index (χ4v) is 5.13. The summed E-state index contributed by atoms with van der Waals surface area (Å²) in [5, 5.41) is 13.7. The number of aromatic nitrogens is 3. The summed E-state index contributed by atoms with van der Waals surface area (Å²) in [6.07, 6.45) is 6.37. The summed E-state index contributed by atoms with van der Waals surface area (Å²) >= 11 is 5.91. The van der Waals surface area contributed by atoms with Gasteiger partial charge in [-0.25, -0.2) is 4.98 Å². The van der Waals surface area contributed by atoms with Crippen LogP contribution >= 0.6 is 24.0 Å². The second-order valence-electron chi connectivity index (χ2n) is 9.63. The summed E-state index contributed by atoms with van der Waals surface area (Å²) in [6.45, 7) is 8.18. The molecule has 0 unspecified atom stereocenters. The molecule has 5 rings (SSSR count). The van der Waals surface area contributed by atoms with Gasteiger partial charge >= 0.3 is 0 Å². The Kier molecular flexibility index (Phi) is 9.58. The molecule has 9 nitrogen and oxygen atoms in total. The summed E-state index contributed by atoms with van der Waals surface area (Å²) in [5.74, 6) is 1.29. The van der Waals surface area contributed by atoms with E-state index in [2.05, 4.69) is 38.0 Å². The molecule has 11 heteroatoms. The van der Waals surface area contributed by atoms with Crippen molar-refractivity contribution in [1.29, 1.82) is 0 Å². The highest BCUT2D eigenvalue weighted by Gasteiger charge is 2.23. The molecule has 2 fully saturated rings. The summed E-state index contributed by atoms with van der Waals surface area (Å²) in [5.41, 5.74) is 2.65. The average molecular weight is 545 g/mol. The van der Waals surface area contributed by atoms with Gasteiger partial charge in [0.25, 0.3) is 5.91 Å². The lowest BCUT2D eigenvalue weighted by atomic mass is 10.1. The standard InChI is InChI=1S/C17H24N6O2S.C9H12OS/c1-22(9-15-20-21-16(26-15)10-23-6-2-3-7-23)17(24)13-11-25-14(19-13)8-18-12-4-5-12;1-6-4-8(10-3)5-7(2)9(6)11/h11-12,18H,2-10H2,1H3;4-5,11H,1-3H3. The van der Waals surface area contributed by atoms with Crippen LogP contribution in [0.4, 0.5) is 0 Å². The second kappa shape index (κ2) is 12.9. The number of carbonyl (C=O) groups excluding carboxylic acids is 1. The number of methoxy groups -OCH3 is 1. The first-order chi connectivity index (χ1) is 17.8. The van der Waals surface area contributed by atoms with Gasteiger partial charge in [-0.05, 0) is 75.9 Å². The summed E-state index contributed by atoms with van der Waals surface area (Å²) < 4.78 is 10.5. The van der Waals surface area contributed by atoms with Crippen molar-refractivity contribution < 1.29 is 13.9 Å². The van der Waals surface area contributed by atoms with E-state index in [1.165, 1.54) is 31.9 Å². The molecule has 1 saturated heterocycles. The van der Waals surface area contributed by atoms with E-state index in [9.17, 15) is 4.79 Å². The van der Waals surface area contributed by atoms with Crippen LogP contribution < -0.4 is 10.1 Å². The molecule has 1 aromatic carbocycles. The maximum absolute atomic E-state index is 12.5. The summed E-state index contributed by atoms with van der Waals surface area (Å²) in [7, 11) is 3.42. The van der Waals surface area contributed by atoms with Gasteiger partial charge in [0.1, 0.15) is 22.0 Å². The Hall–Kier alpha value is -2.47. The number of ether oxygens (including phenoxy) is 1. The van der Waals surface area contributed by atoms with Crippen LogP contribution in [-0.2, 0) is 19.6 Å². The smallest absolute Gasteiger partial charge is 0.275 e. The van der Waals surface area contributed by atoms with Gasteiger partial charge in [0.2, 0.25) is 5.89 Å². The molecule has 3 heterocycles. The average Bonchev–Trinajstić information content (AvgIpc) is 3.24. The molecule has 0 spiro atoms. The summed E-state index contributed by atoms with van der Waals surface area (Å²) in [6, 6.07) is 4.54. The van der Waals surface area contributed by atoms with E-state index < -0.39 is 0 Å². The summed E-state index contributed by atoms with van der Waals surface area (Å²) in [4.78, 5) is 21.9. The number of benzene rings is 1. The fourth-order valence-electron chi connectivity index (χ4n) is 4.06. The Labute approximate surface area is 228 Å². The number of nitrogens with one attached hydrogen (secondary N) is 1. The van der Waals surface area contributed by atoms with Gasteiger partial charge in [0.05, 0.1) is 26.7 Å². The predicted octanol–water partition coefficient (Wildman–Crippen LogP) is 4.25. The van der Waals surface area contributed by atoms with Crippen LogP contribution in [-0.4, -0.2) is 64.2 Å². The van der Waals surface area contributed by atoms with E-state index >= 15 is 0 Å². The third-order valence-electron chi connectivity index (χ3n) is 6.38. The Morgan fingerprint density at radius 2 is 1.89 bits per heavy atom. The quantitative estimate of drug-likeness (QED) is 0.386. The number of thiol groups is 1. The van der Waals surface area contributed by atoms with Crippen molar-refractivity contribution in [3.05, 3.63) is 51.1 Å². The zero-order valence-electron chi connectivity index (χ0n) is 22.0. The maximum atomic E-state index is 12.5. The largest absolute Gasteiger partial charge is 0.497 e. The molecule has 1 saturated carbocycles. The van der Waals surface area contributed by atoms with Gasteiger partial charge in [-0.3, -0.25) is 9.69 Å². The van der Waals surface area contributed by atoms with E-state index in [0.29, 0.717) is 30.7 Å². The van der Waals surface area contributed by atoms with Crippen LogP contribution in [0.2, 0.25) is 0 Å². The minimum absolute atomic E-state index is 0.164. The van der Waals surface area contributed by atoms with Gasteiger partial charge in [-0.1, -0.05) is 11.3 Å². The van der Waals surface area contributed by atoms with E-state index in [4.69, 9.17) is 9.15 Å². The molecule has 0 atom stereocenters. The van der Waals surface area contributed by atoms with E-state index in [-0.39, 0.29) is 5.91 Å². The van der Waals surface area contributed by atoms with Crippen LogP contribution in [0.1, 0.15) is 63.2 Å². The van der Waals surface area contributed by atoms with Gasteiger partial charge in [0.15, 0.2) is 5.69 Å². The number of hydrogen-bond donors (Lipinski definition) is 2. The molecule has 2 aliphatic rings. The normalized spacial score (nSPS) is 15.4. The third-order valence-corrected chi connectivity index (χ3v) is 7.97. The Balaban J connectivity index is 0.000000245. The number of oxazole rings is 1. The van der Waals surface area contributed by atoms with Crippen LogP contribution in [0.25, 0.3) is 0 Å². The SMILES string of the molecule is CN(Cc1nnc(CN2CCCC2)s1)C(=O)c1coc(CNC2CC2)n1.COc1cc(C)c(S)c(C)c1. The first-order valence-electron chi connectivity index (χ1n) is 12.6. The minimum Gasteiger partial charge on any atom is -0.497 e. The van der Waals surface area contributed by atoms with Crippen molar-refractivity contribution in [2.45, 2.75) is 70.1 Å². The Morgan fingerprint density at radius 1 is 1.22 bits per heavy atom. The Bertz CT molecular complexity index is 1160. The first-order valence-corrected chi connectivity index (χ1v) is 13.9. The molecule has 37 heavy (non-hydrogen) atoms. The number of aryl methyl sites for hydroxylation is 2. The fraction of sp³-hybridized carbons (Fsp3) is 0.538. The number of carbonyl (C=O) groups is 1. The molecule has 0 radical (unpaired) electrons. The third kappa shape index (κ3) is 8.00. The molecule has 1 aliphatic carbocycles. The van der Waals surface area contributed by atoms with Gasteiger partial charge in [-0.15, -0.1) is 22.8 Å². The predicted molar refractivity (Wildman–Crippen MR) is 146 cm³/mol. The lowest BCUT2D eigenvalue weighted by molar-refractivity contribution is 0.0779. The van der Waals surface area contributed by atoms with Crippen LogP contribution in [0.15, 0.2) is 27.7 Å². The number of nitrogens with zero attached hydrogens (tertiary/aromatic N) is 5. The van der Waals surface area contributed by atoms with Crippen molar-refractivity contribution >= 4 is 29.9 Å². The number of likely N-dealkylation sites (tertiary alicyclic amines) is 1. The van der Waals surface area contributed by atoms with Crippen molar-refractivity contribution in [2.75, 3.05) is 27.2 Å². The minimum atomic E-state index is -0.164. The number of hydrogen-bond acceptors (Lipinski definition) is 10. The highest BCUT2D eigenvalue weighted by Crippen LogP contribution is 2.24. The lowest BCUT2D eigenvalue weighted by Gasteiger charge is -2.13. The molecular formula is C26H36N6O3S2. The molecule has 0 bridgehead atoms. The Morgan fingerprint density at radius 3 is 2.54 bits per heavy atom. The molecule has 200 valence electrons. The highest BCUT2D eigenvalue weighted by atomic mass is 32.1. The highest BCUT2D eigenvalue weighted by molar-refractivity contribution is 7.80. The van der Waals surface area contributed by atoms with Crippen LogP contribution in [0.5, 0.6) is 5.75 Å². The van der Waals surface area contributed by atoms with Crippen molar-refractivity contribution in [3.8, 4) is 5.75 Å². The second-order valence-corrected chi connectivity index (χ2v) is 11.2.